The fraction of sp³-hybridized carbons (Fsp3) is 0.333. The zero-order valence-corrected chi connectivity index (χ0v) is 9.06. The van der Waals surface area contributed by atoms with Gasteiger partial charge in [-0.05, 0) is 6.07 Å². The van der Waals surface area contributed by atoms with E-state index in [1.165, 1.54) is 30.1 Å². The van der Waals surface area contributed by atoms with Crippen molar-refractivity contribution < 1.29 is 13.7 Å². The summed E-state index contributed by atoms with van der Waals surface area (Å²) in [5.41, 5.74) is 2.63. The molecule has 0 amide bonds. The minimum Gasteiger partial charge on any atom is -0.369 e. The Hall–Kier alpha value is -1.96. The van der Waals surface area contributed by atoms with Crippen LogP contribution in [0.15, 0.2) is 18.2 Å². The maximum atomic E-state index is 12.2. The predicted octanol–water partition coefficient (Wildman–Crippen LogP) is 1.58. The van der Waals surface area contributed by atoms with Gasteiger partial charge in [-0.25, -0.2) is 8.78 Å². The summed E-state index contributed by atoms with van der Waals surface area (Å²) in [5, 5.41) is 10.6. The fourth-order valence-electron chi connectivity index (χ4n) is 1.32. The highest BCUT2D eigenvalue weighted by atomic mass is 19.3. The zero-order chi connectivity index (χ0) is 13.0. The standard InChI is InChI=1S/C9H12F2N4O2/c1-14(5-9(10)11)7-2-6(13-12)3-8(4-7)15(16)17/h2-4,9,13H,5,12H2,1H3. The molecule has 1 aromatic carbocycles. The number of alkyl halides is 2. The van der Waals surface area contributed by atoms with E-state index in [4.69, 9.17) is 5.84 Å². The van der Waals surface area contributed by atoms with E-state index in [9.17, 15) is 18.9 Å². The Morgan fingerprint density at radius 2 is 2.18 bits per heavy atom. The van der Waals surface area contributed by atoms with Crippen LogP contribution in [-0.2, 0) is 0 Å². The van der Waals surface area contributed by atoms with E-state index >= 15 is 0 Å². The third-order valence-corrected chi connectivity index (χ3v) is 2.13. The normalized spacial score (nSPS) is 10.4. The van der Waals surface area contributed by atoms with Crippen LogP contribution in [0.4, 0.5) is 25.8 Å². The fourth-order valence-corrected chi connectivity index (χ4v) is 1.32. The number of nitro benzene ring substituents is 1. The van der Waals surface area contributed by atoms with Crippen molar-refractivity contribution in [3.63, 3.8) is 0 Å². The Morgan fingerprint density at radius 1 is 1.53 bits per heavy atom. The minimum atomic E-state index is -2.52. The molecular formula is C9H12F2N4O2. The summed E-state index contributed by atoms with van der Waals surface area (Å²) in [7, 11) is 1.42. The molecule has 0 aromatic heterocycles. The van der Waals surface area contributed by atoms with Crippen LogP contribution >= 0.6 is 0 Å². The number of halogens is 2. The summed E-state index contributed by atoms with van der Waals surface area (Å²) < 4.78 is 24.4. The second kappa shape index (κ2) is 5.39. The predicted molar refractivity (Wildman–Crippen MR) is 60.2 cm³/mol. The number of nitrogens with one attached hydrogen (secondary N) is 1. The van der Waals surface area contributed by atoms with Gasteiger partial charge in [0.2, 0.25) is 0 Å². The average Bonchev–Trinajstić information content (AvgIpc) is 2.27. The van der Waals surface area contributed by atoms with Crippen molar-refractivity contribution in [3.8, 4) is 0 Å². The van der Waals surface area contributed by atoms with Gasteiger partial charge in [0.1, 0.15) is 0 Å². The van der Waals surface area contributed by atoms with Crippen LogP contribution in [0.25, 0.3) is 0 Å². The molecule has 8 heteroatoms. The van der Waals surface area contributed by atoms with E-state index in [2.05, 4.69) is 5.43 Å². The Labute approximate surface area is 96.1 Å². The first-order chi connectivity index (χ1) is 7.93. The molecule has 0 aliphatic rings. The van der Waals surface area contributed by atoms with Crippen LogP contribution in [0.5, 0.6) is 0 Å². The van der Waals surface area contributed by atoms with Gasteiger partial charge in [-0.3, -0.25) is 16.0 Å². The molecule has 0 fully saturated rings. The number of nitrogen functional groups attached to an aromatic ring is 1. The van der Waals surface area contributed by atoms with Crippen molar-refractivity contribution in [2.75, 3.05) is 23.9 Å². The van der Waals surface area contributed by atoms with Crippen molar-refractivity contribution >= 4 is 17.1 Å². The molecule has 17 heavy (non-hydrogen) atoms. The van der Waals surface area contributed by atoms with Crippen molar-refractivity contribution in [3.05, 3.63) is 28.3 Å². The minimum absolute atomic E-state index is 0.212. The molecule has 0 unspecified atom stereocenters. The van der Waals surface area contributed by atoms with Gasteiger partial charge >= 0.3 is 0 Å². The molecule has 94 valence electrons. The van der Waals surface area contributed by atoms with Crippen molar-refractivity contribution in [1.29, 1.82) is 0 Å². The largest absolute Gasteiger partial charge is 0.369 e. The lowest BCUT2D eigenvalue weighted by Gasteiger charge is -2.19. The molecule has 0 spiro atoms. The number of hydrazine groups is 1. The van der Waals surface area contributed by atoms with Gasteiger partial charge in [-0.2, -0.15) is 0 Å². The zero-order valence-electron chi connectivity index (χ0n) is 9.06. The Kier molecular flexibility index (Phi) is 4.16. The molecule has 6 nitrogen and oxygen atoms in total. The lowest BCUT2D eigenvalue weighted by Crippen LogP contribution is -2.24. The number of rotatable bonds is 5. The Balaban J connectivity index is 3.06. The molecule has 0 atom stereocenters. The lowest BCUT2D eigenvalue weighted by atomic mass is 10.2. The average molecular weight is 246 g/mol. The lowest BCUT2D eigenvalue weighted by molar-refractivity contribution is -0.384. The summed E-state index contributed by atoms with van der Waals surface area (Å²) in [6.07, 6.45) is -2.52. The van der Waals surface area contributed by atoms with E-state index in [0.717, 1.165) is 0 Å². The van der Waals surface area contributed by atoms with Gasteiger partial charge in [0.15, 0.2) is 0 Å². The third kappa shape index (κ3) is 3.52. The number of non-ortho nitro benzene ring substituents is 1. The topological polar surface area (TPSA) is 84.4 Å². The van der Waals surface area contributed by atoms with E-state index in [-0.39, 0.29) is 11.4 Å². The first-order valence-corrected chi connectivity index (χ1v) is 4.69. The van der Waals surface area contributed by atoms with Crippen LogP contribution in [-0.4, -0.2) is 24.9 Å². The highest BCUT2D eigenvalue weighted by molar-refractivity contribution is 5.63. The molecule has 0 saturated heterocycles. The maximum Gasteiger partial charge on any atom is 0.273 e. The molecule has 0 heterocycles. The summed E-state index contributed by atoms with van der Waals surface area (Å²) in [5.74, 6) is 5.15. The molecule has 0 bridgehead atoms. The molecule has 1 aromatic rings. The first kappa shape index (κ1) is 13.1. The molecular weight excluding hydrogens is 234 g/mol. The molecule has 3 N–H and O–H groups in total. The van der Waals surface area contributed by atoms with E-state index in [1.807, 2.05) is 0 Å². The van der Waals surface area contributed by atoms with Gasteiger partial charge in [-0.15, -0.1) is 0 Å². The second-order valence-corrected chi connectivity index (χ2v) is 3.41. The van der Waals surface area contributed by atoms with Gasteiger partial charge in [0.05, 0.1) is 17.2 Å². The summed E-state index contributed by atoms with van der Waals surface area (Å²) >= 11 is 0. The number of hydrogen-bond donors (Lipinski definition) is 2. The molecule has 1 rings (SSSR count). The number of anilines is 2. The summed E-state index contributed by atoms with van der Waals surface area (Å²) in [4.78, 5) is 11.2. The summed E-state index contributed by atoms with van der Waals surface area (Å²) in [6.45, 7) is -0.509. The van der Waals surface area contributed by atoms with Crippen molar-refractivity contribution in [2.24, 2.45) is 5.84 Å². The molecule has 0 radical (unpaired) electrons. The van der Waals surface area contributed by atoms with Crippen molar-refractivity contribution in [2.45, 2.75) is 6.43 Å². The van der Waals surface area contributed by atoms with Crippen LogP contribution < -0.4 is 16.2 Å². The van der Waals surface area contributed by atoms with Crippen LogP contribution in [0.1, 0.15) is 0 Å². The molecule has 0 aliphatic heterocycles. The van der Waals surface area contributed by atoms with Crippen LogP contribution in [0.2, 0.25) is 0 Å². The quantitative estimate of drug-likeness (QED) is 0.468. The number of benzene rings is 1. The number of nitrogens with zero attached hydrogens (tertiary/aromatic N) is 2. The number of nitrogens with two attached hydrogens (primary N) is 1. The van der Waals surface area contributed by atoms with Crippen LogP contribution in [0.3, 0.4) is 0 Å². The molecule has 0 aliphatic carbocycles. The highest BCUT2D eigenvalue weighted by Gasteiger charge is 2.14. The number of hydrogen-bond acceptors (Lipinski definition) is 5. The van der Waals surface area contributed by atoms with Gasteiger partial charge < -0.3 is 10.3 Å². The molecule has 0 saturated carbocycles. The maximum absolute atomic E-state index is 12.2. The first-order valence-electron chi connectivity index (χ1n) is 4.69. The SMILES string of the molecule is CN(CC(F)F)c1cc(NN)cc([N+](=O)[O-])c1. The summed E-state index contributed by atoms with van der Waals surface area (Å²) in [6, 6.07) is 3.89. The smallest absolute Gasteiger partial charge is 0.273 e. The van der Waals surface area contributed by atoms with Crippen molar-refractivity contribution in [1.82, 2.24) is 0 Å². The monoisotopic (exact) mass is 246 g/mol. The van der Waals surface area contributed by atoms with E-state index in [1.54, 1.807) is 0 Å². The Bertz CT molecular complexity index is 414. The van der Waals surface area contributed by atoms with Gasteiger partial charge in [0.25, 0.3) is 12.1 Å². The van der Waals surface area contributed by atoms with Gasteiger partial charge in [0, 0.05) is 24.9 Å². The third-order valence-electron chi connectivity index (χ3n) is 2.13. The number of nitro groups is 1. The van der Waals surface area contributed by atoms with Crippen LogP contribution in [0, 0.1) is 10.1 Å². The highest BCUT2D eigenvalue weighted by Crippen LogP contribution is 2.26. The van der Waals surface area contributed by atoms with Gasteiger partial charge in [-0.1, -0.05) is 0 Å². The van der Waals surface area contributed by atoms with E-state index < -0.39 is 17.9 Å². The Morgan fingerprint density at radius 3 is 2.65 bits per heavy atom. The van der Waals surface area contributed by atoms with E-state index in [0.29, 0.717) is 5.69 Å². The second-order valence-electron chi connectivity index (χ2n) is 3.41.